The Morgan fingerprint density at radius 3 is 2.42 bits per heavy atom. The van der Waals surface area contributed by atoms with Gasteiger partial charge >= 0.3 is 0 Å². The van der Waals surface area contributed by atoms with Crippen LogP contribution in [0, 0.1) is 11.6 Å². The quantitative estimate of drug-likeness (QED) is 0.841. The van der Waals surface area contributed by atoms with E-state index in [1.807, 2.05) is 30.3 Å². The van der Waals surface area contributed by atoms with Gasteiger partial charge in [0.2, 0.25) is 0 Å². The lowest BCUT2D eigenvalue weighted by atomic mass is 10.2. The van der Waals surface area contributed by atoms with Crippen LogP contribution in [-0.4, -0.2) is 5.11 Å². The van der Waals surface area contributed by atoms with E-state index >= 15 is 0 Å². The van der Waals surface area contributed by atoms with E-state index in [0.717, 1.165) is 17.7 Å². The summed E-state index contributed by atoms with van der Waals surface area (Å²) in [6, 6.07) is 13.3. The molecule has 2 nitrogen and oxygen atoms in total. The molecule has 0 amide bonds. The van der Waals surface area contributed by atoms with Crippen LogP contribution < -0.4 is 10.6 Å². The van der Waals surface area contributed by atoms with Crippen LogP contribution in [0.3, 0.4) is 0 Å². The van der Waals surface area contributed by atoms with Crippen molar-refractivity contribution >= 4 is 23.0 Å². The lowest BCUT2D eigenvalue weighted by Gasteiger charge is -2.10. The SMILES string of the molecule is Fc1ccc(NC(=S)NCc2ccccc2)cc1F. The van der Waals surface area contributed by atoms with Gasteiger partial charge < -0.3 is 10.6 Å². The summed E-state index contributed by atoms with van der Waals surface area (Å²) in [7, 11) is 0. The van der Waals surface area contributed by atoms with Crippen LogP contribution >= 0.6 is 12.2 Å². The molecule has 5 heteroatoms. The van der Waals surface area contributed by atoms with Crippen LogP contribution in [0.2, 0.25) is 0 Å². The number of hydrogen-bond donors (Lipinski definition) is 2. The zero-order chi connectivity index (χ0) is 13.7. The average molecular weight is 278 g/mol. The highest BCUT2D eigenvalue weighted by molar-refractivity contribution is 7.80. The Hall–Kier alpha value is -2.01. The number of hydrogen-bond acceptors (Lipinski definition) is 1. The molecule has 0 unspecified atom stereocenters. The summed E-state index contributed by atoms with van der Waals surface area (Å²) >= 11 is 5.07. The molecule has 98 valence electrons. The summed E-state index contributed by atoms with van der Waals surface area (Å²) < 4.78 is 25.8. The smallest absolute Gasteiger partial charge is 0.171 e. The van der Waals surface area contributed by atoms with Crippen LogP contribution in [0.4, 0.5) is 14.5 Å². The molecule has 0 radical (unpaired) electrons. The molecule has 2 aromatic carbocycles. The second-order valence-corrected chi connectivity index (χ2v) is 4.33. The highest BCUT2D eigenvalue weighted by Crippen LogP contribution is 2.12. The van der Waals surface area contributed by atoms with Gasteiger partial charge in [0.25, 0.3) is 0 Å². The largest absolute Gasteiger partial charge is 0.358 e. The summed E-state index contributed by atoms with van der Waals surface area (Å²) in [4.78, 5) is 0. The molecule has 2 rings (SSSR count). The van der Waals surface area contributed by atoms with Crippen molar-refractivity contribution in [2.45, 2.75) is 6.54 Å². The van der Waals surface area contributed by atoms with Gasteiger partial charge in [-0.1, -0.05) is 30.3 Å². The molecule has 0 spiro atoms. The number of anilines is 1. The van der Waals surface area contributed by atoms with Crippen molar-refractivity contribution in [3.8, 4) is 0 Å². The standard InChI is InChI=1S/C14H12F2N2S/c15-12-7-6-11(8-13(12)16)18-14(19)17-9-10-4-2-1-3-5-10/h1-8H,9H2,(H2,17,18,19). The van der Waals surface area contributed by atoms with Crippen molar-refractivity contribution in [2.24, 2.45) is 0 Å². The van der Waals surface area contributed by atoms with Crippen LogP contribution in [0.1, 0.15) is 5.56 Å². The summed E-state index contributed by atoms with van der Waals surface area (Å²) in [5.74, 6) is -1.79. The molecule has 0 atom stereocenters. The molecule has 0 saturated heterocycles. The predicted octanol–water partition coefficient (Wildman–Crippen LogP) is 3.45. The van der Waals surface area contributed by atoms with Crippen LogP contribution in [0.15, 0.2) is 48.5 Å². The number of nitrogens with one attached hydrogen (secondary N) is 2. The van der Waals surface area contributed by atoms with Crippen molar-refractivity contribution in [1.82, 2.24) is 5.32 Å². The van der Waals surface area contributed by atoms with E-state index < -0.39 is 11.6 Å². The number of halogens is 2. The fraction of sp³-hybridized carbons (Fsp3) is 0.0714. The molecule has 0 fully saturated rings. The van der Waals surface area contributed by atoms with Gasteiger partial charge in [-0.3, -0.25) is 0 Å². The predicted molar refractivity (Wildman–Crippen MR) is 75.9 cm³/mol. The highest BCUT2D eigenvalue weighted by Gasteiger charge is 2.03. The van der Waals surface area contributed by atoms with Gasteiger partial charge in [0.05, 0.1) is 0 Å². The fourth-order valence-corrected chi connectivity index (χ4v) is 1.72. The number of rotatable bonds is 3. The molecule has 0 aromatic heterocycles. The first-order chi connectivity index (χ1) is 9.15. The van der Waals surface area contributed by atoms with E-state index in [2.05, 4.69) is 10.6 Å². The summed E-state index contributed by atoms with van der Waals surface area (Å²) in [6.45, 7) is 0.566. The molecule has 0 aliphatic rings. The highest BCUT2D eigenvalue weighted by atomic mass is 32.1. The minimum absolute atomic E-state index is 0.356. The molecule has 19 heavy (non-hydrogen) atoms. The van der Waals surface area contributed by atoms with Gasteiger partial charge in [-0.25, -0.2) is 8.78 Å². The molecule has 0 aliphatic heterocycles. The Morgan fingerprint density at radius 2 is 1.74 bits per heavy atom. The Kier molecular flexibility index (Phi) is 4.41. The van der Waals surface area contributed by atoms with Crippen LogP contribution in [0.5, 0.6) is 0 Å². The van der Waals surface area contributed by atoms with E-state index in [1.54, 1.807) is 0 Å². The molecule has 0 heterocycles. The minimum atomic E-state index is -0.907. The van der Waals surface area contributed by atoms with Crippen LogP contribution in [-0.2, 0) is 6.54 Å². The number of thiocarbonyl (C=S) groups is 1. The molecule has 2 aromatic rings. The maximum absolute atomic E-state index is 13.0. The Bertz CT molecular complexity index is 573. The summed E-state index contributed by atoms with van der Waals surface area (Å²) in [5, 5.41) is 6.14. The van der Waals surface area contributed by atoms with E-state index in [9.17, 15) is 8.78 Å². The Morgan fingerprint density at radius 1 is 1.00 bits per heavy atom. The first kappa shape index (κ1) is 13.4. The number of benzene rings is 2. The van der Waals surface area contributed by atoms with E-state index in [4.69, 9.17) is 12.2 Å². The molecule has 0 aliphatic carbocycles. The fourth-order valence-electron chi connectivity index (χ4n) is 1.53. The third-order valence-electron chi connectivity index (χ3n) is 2.47. The maximum Gasteiger partial charge on any atom is 0.171 e. The molecule has 0 bridgehead atoms. The van der Waals surface area contributed by atoms with Gasteiger partial charge in [-0.05, 0) is 29.9 Å². The monoisotopic (exact) mass is 278 g/mol. The maximum atomic E-state index is 13.0. The summed E-state index contributed by atoms with van der Waals surface area (Å²) in [5.41, 5.74) is 1.49. The molecular weight excluding hydrogens is 266 g/mol. The first-order valence-corrected chi connectivity index (χ1v) is 6.10. The van der Waals surface area contributed by atoms with Gasteiger partial charge in [-0.2, -0.15) is 0 Å². The van der Waals surface area contributed by atoms with Crippen molar-refractivity contribution < 1.29 is 8.78 Å². The third-order valence-corrected chi connectivity index (χ3v) is 2.72. The van der Waals surface area contributed by atoms with Crippen LogP contribution in [0.25, 0.3) is 0 Å². The van der Waals surface area contributed by atoms with Crippen molar-refractivity contribution in [2.75, 3.05) is 5.32 Å². The molecular formula is C14H12F2N2S. The van der Waals surface area contributed by atoms with E-state index in [-0.39, 0.29) is 0 Å². The third kappa shape index (κ3) is 3.99. The van der Waals surface area contributed by atoms with Crippen molar-refractivity contribution in [1.29, 1.82) is 0 Å². The summed E-state index contributed by atoms with van der Waals surface area (Å²) in [6.07, 6.45) is 0. The lowest BCUT2D eigenvalue weighted by Crippen LogP contribution is -2.27. The van der Waals surface area contributed by atoms with Gasteiger partial charge in [0, 0.05) is 18.3 Å². The normalized spacial score (nSPS) is 10.0. The zero-order valence-electron chi connectivity index (χ0n) is 9.99. The van der Waals surface area contributed by atoms with Crippen molar-refractivity contribution in [3.05, 3.63) is 65.7 Å². The lowest BCUT2D eigenvalue weighted by molar-refractivity contribution is 0.509. The Balaban J connectivity index is 1.89. The molecule has 2 N–H and O–H groups in total. The second-order valence-electron chi connectivity index (χ2n) is 3.92. The zero-order valence-corrected chi connectivity index (χ0v) is 10.8. The van der Waals surface area contributed by atoms with Gasteiger partial charge in [-0.15, -0.1) is 0 Å². The van der Waals surface area contributed by atoms with E-state index in [1.165, 1.54) is 6.07 Å². The second kappa shape index (κ2) is 6.24. The van der Waals surface area contributed by atoms with Gasteiger partial charge in [0.15, 0.2) is 16.7 Å². The Labute approximate surface area is 115 Å². The average Bonchev–Trinajstić information content (AvgIpc) is 2.42. The topological polar surface area (TPSA) is 24.1 Å². The van der Waals surface area contributed by atoms with Gasteiger partial charge in [0.1, 0.15) is 0 Å². The minimum Gasteiger partial charge on any atom is -0.358 e. The van der Waals surface area contributed by atoms with Crippen molar-refractivity contribution in [3.63, 3.8) is 0 Å². The van der Waals surface area contributed by atoms with E-state index in [0.29, 0.717) is 17.3 Å². The molecule has 0 saturated carbocycles. The first-order valence-electron chi connectivity index (χ1n) is 5.69.